The zero-order valence-corrected chi connectivity index (χ0v) is 10.8. The average Bonchev–Trinajstić information content (AvgIpc) is 2.90. The van der Waals surface area contributed by atoms with Crippen molar-refractivity contribution in [2.24, 2.45) is 0 Å². The standard InChI is InChI=1S/C14H14FNOS/c1-2-12(13-8-5-9-18-13)16-14(17)10-6-3-4-7-11(10)15/h3-9,12H,2H2,1H3,(H,16,17). The van der Waals surface area contributed by atoms with Crippen LogP contribution < -0.4 is 5.32 Å². The highest BCUT2D eigenvalue weighted by Crippen LogP contribution is 2.22. The molecule has 1 atom stereocenters. The molecule has 0 aliphatic rings. The Morgan fingerprint density at radius 1 is 1.33 bits per heavy atom. The van der Waals surface area contributed by atoms with Crippen LogP contribution in [0.5, 0.6) is 0 Å². The molecule has 0 saturated heterocycles. The van der Waals surface area contributed by atoms with Crippen LogP contribution in [0, 0.1) is 5.82 Å². The number of amides is 1. The highest BCUT2D eigenvalue weighted by molar-refractivity contribution is 7.10. The molecular weight excluding hydrogens is 249 g/mol. The van der Waals surface area contributed by atoms with Crippen LogP contribution in [0.3, 0.4) is 0 Å². The highest BCUT2D eigenvalue weighted by atomic mass is 32.1. The predicted molar refractivity (Wildman–Crippen MR) is 71.2 cm³/mol. The van der Waals surface area contributed by atoms with Gasteiger partial charge in [-0.3, -0.25) is 4.79 Å². The Morgan fingerprint density at radius 3 is 2.72 bits per heavy atom. The van der Waals surface area contributed by atoms with Crippen LogP contribution in [0.15, 0.2) is 41.8 Å². The molecule has 1 amide bonds. The number of hydrogen-bond donors (Lipinski definition) is 1. The molecular formula is C14H14FNOS. The number of hydrogen-bond acceptors (Lipinski definition) is 2. The van der Waals surface area contributed by atoms with Gasteiger partial charge in [-0.15, -0.1) is 11.3 Å². The van der Waals surface area contributed by atoms with E-state index in [2.05, 4.69) is 5.32 Å². The zero-order valence-electron chi connectivity index (χ0n) is 10.0. The molecule has 0 spiro atoms. The maximum Gasteiger partial charge on any atom is 0.254 e. The minimum absolute atomic E-state index is 0.0582. The van der Waals surface area contributed by atoms with Crippen LogP contribution in [0.4, 0.5) is 4.39 Å². The summed E-state index contributed by atoms with van der Waals surface area (Å²) in [5, 5.41) is 4.82. The zero-order chi connectivity index (χ0) is 13.0. The van der Waals surface area contributed by atoms with Gasteiger partial charge in [0.1, 0.15) is 5.82 Å². The number of rotatable bonds is 4. The van der Waals surface area contributed by atoms with Crippen molar-refractivity contribution in [1.82, 2.24) is 5.32 Å². The van der Waals surface area contributed by atoms with Crippen LogP contribution in [0.2, 0.25) is 0 Å². The van der Waals surface area contributed by atoms with Crippen molar-refractivity contribution < 1.29 is 9.18 Å². The van der Waals surface area contributed by atoms with E-state index in [1.807, 2.05) is 24.4 Å². The molecule has 0 fully saturated rings. The molecule has 2 rings (SSSR count). The first kappa shape index (κ1) is 12.8. The summed E-state index contributed by atoms with van der Waals surface area (Å²) in [6.45, 7) is 1.99. The third-order valence-electron chi connectivity index (χ3n) is 2.72. The summed E-state index contributed by atoms with van der Waals surface area (Å²) in [7, 11) is 0. The molecule has 18 heavy (non-hydrogen) atoms. The van der Waals surface area contributed by atoms with Gasteiger partial charge in [0.2, 0.25) is 0 Å². The third-order valence-corrected chi connectivity index (χ3v) is 3.70. The molecule has 0 aliphatic heterocycles. The first-order chi connectivity index (χ1) is 8.72. The van der Waals surface area contributed by atoms with Crippen molar-refractivity contribution in [3.05, 3.63) is 58.0 Å². The molecule has 1 N–H and O–H groups in total. The fourth-order valence-electron chi connectivity index (χ4n) is 1.75. The monoisotopic (exact) mass is 263 g/mol. The second-order valence-electron chi connectivity index (χ2n) is 3.93. The summed E-state index contributed by atoms with van der Waals surface area (Å²) in [5.74, 6) is -0.857. The topological polar surface area (TPSA) is 29.1 Å². The Bertz CT molecular complexity index is 524. The van der Waals surface area contributed by atoms with Gasteiger partial charge in [0, 0.05) is 4.88 Å². The number of halogens is 1. The first-order valence-electron chi connectivity index (χ1n) is 5.81. The van der Waals surface area contributed by atoms with Gasteiger partial charge in [-0.25, -0.2) is 4.39 Å². The van der Waals surface area contributed by atoms with Gasteiger partial charge in [0.15, 0.2) is 0 Å². The molecule has 1 heterocycles. The maximum atomic E-state index is 13.5. The second-order valence-corrected chi connectivity index (χ2v) is 4.91. The van der Waals surface area contributed by atoms with E-state index in [0.29, 0.717) is 0 Å². The molecule has 94 valence electrons. The lowest BCUT2D eigenvalue weighted by Crippen LogP contribution is -2.28. The van der Waals surface area contributed by atoms with Gasteiger partial charge >= 0.3 is 0 Å². The summed E-state index contributed by atoms with van der Waals surface area (Å²) in [4.78, 5) is 13.1. The van der Waals surface area contributed by atoms with Gasteiger partial charge in [-0.2, -0.15) is 0 Å². The molecule has 1 aromatic heterocycles. The van der Waals surface area contributed by atoms with E-state index in [0.717, 1.165) is 11.3 Å². The second kappa shape index (κ2) is 5.78. The van der Waals surface area contributed by atoms with Crippen molar-refractivity contribution in [3.63, 3.8) is 0 Å². The average molecular weight is 263 g/mol. The summed E-state index contributed by atoms with van der Waals surface area (Å²) >= 11 is 1.59. The fraction of sp³-hybridized carbons (Fsp3) is 0.214. The quantitative estimate of drug-likeness (QED) is 0.894. The Morgan fingerprint density at radius 2 is 2.11 bits per heavy atom. The van der Waals surface area contributed by atoms with Gasteiger partial charge in [0.25, 0.3) is 5.91 Å². The van der Waals surface area contributed by atoms with Crippen molar-refractivity contribution in [3.8, 4) is 0 Å². The molecule has 4 heteroatoms. The third kappa shape index (κ3) is 2.76. The lowest BCUT2D eigenvalue weighted by molar-refractivity contribution is 0.0932. The molecule has 0 saturated carbocycles. The molecule has 0 aliphatic carbocycles. The molecule has 2 nitrogen and oxygen atoms in total. The van der Waals surface area contributed by atoms with Crippen LogP contribution >= 0.6 is 11.3 Å². The smallest absolute Gasteiger partial charge is 0.254 e. The number of carbonyl (C=O) groups is 1. The fourth-order valence-corrected chi connectivity index (χ4v) is 2.61. The summed E-state index contributed by atoms with van der Waals surface area (Å²) < 4.78 is 13.5. The van der Waals surface area contributed by atoms with E-state index in [4.69, 9.17) is 0 Å². The minimum atomic E-state index is -0.490. The minimum Gasteiger partial charge on any atom is -0.344 e. The van der Waals surface area contributed by atoms with Crippen molar-refractivity contribution in [2.75, 3.05) is 0 Å². The Kier molecular flexibility index (Phi) is 4.10. The molecule has 1 unspecified atom stereocenters. The lowest BCUT2D eigenvalue weighted by atomic mass is 10.1. The Hall–Kier alpha value is -1.68. The maximum absolute atomic E-state index is 13.5. The van der Waals surface area contributed by atoms with Crippen LogP contribution in [-0.4, -0.2) is 5.91 Å². The number of carbonyl (C=O) groups excluding carboxylic acids is 1. The van der Waals surface area contributed by atoms with Crippen LogP contribution in [-0.2, 0) is 0 Å². The lowest BCUT2D eigenvalue weighted by Gasteiger charge is -2.15. The number of benzene rings is 1. The molecule has 0 radical (unpaired) electrons. The Balaban J connectivity index is 2.14. The van der Waals surface area contributed by atoms with E-state index < -0.39 is 5.82 Å². The van der Waals surface area contributed by atoms with E-state index >= 15 is 0 Å². The molecule has 1 aromatic carbocycles. The first-order valence-corrected chi connectivity index (χ1v) is 6.69. The van der Waals surface area contributed by atoms with Gasteiger partial charge in [0.05, 0.1) is 11.6 Å². The van der Waals surface area contributed by atoms with Crippen molar-refractivity contribution in [1.29, 1.82) is 0 Å². The predicted octanol–water partition coefficient (Wildman–Crippen LogP) is 3.77. The van der Waals surface area contributed by atoms with Gasteiger partial charge in [-0.05, 0) is 30.0 Å². The Labute approximate surface area is 109 Å². The highest BCUT2D eigenvalue weighted by Gasteiger charge is 2.16. The van der Waals surface area contributed by atoms with Crippen LogP contribution in [0.1, 0.15) is 34.6 Å². The van der Waals surface area contributed by atoms with Crippen LogP contribution in [0.25, 0.3) is 0 Å². The van der Waals surface area contributed by atoms with Gasteiger partial charge < -0.3 is 5.32 Å². The van der Waals surface area contributed by atoms with Crippen molar-refractivity contribution in [2.45, 2.75) is 19.4 Å². The summed E-state index contributed by atoms with van der Waals surface area (Å²) in [6, 6.07) is 9.87. The number of thiophene rings is 1. The molecule has 2 aromatic rings. The van der Waals surface area contributed by atoms with Crippen molar-refractivity contribution >= 4 is 17.2 Å². The molecule has 0 bridgehead atoms. The number of nitrogens with one attached hydrogen (secondary N) is 1. The van der Waals surface area contributed by atoms with E-state index in [9.17, 15) is 9.18 Å². The largest absolute Gasteiger partial charge is 0.344 e. The SMILES string of the molecule is CCC(NC(=O)c1ccccc1F)c1cccs1. The summed E-state index contributed by atoms with van der Waals surface area (Å²) in [6.07, 6.45) is 0.778. The summed E-state index contributed by atoms with van der Waals surface area (Å²) in [5.41, 5.74) is 0.0903. The van der Waals surface area contributed by atoms with E-state index in [1.54, 1.807) is 23.5 Å². The van der Waals surface area contributed by atoms with E-state index in [-0.39, 0.29) is 17.5 Å². The normalized spacial score (nSPS) is 12.1. The van der Waals surface area contributed by atoms with Gasteiger partial charge in [-0.1, -0.05) is 25.1 Å². The van der Waals surface area contributed by atoms with E-state index in [1.165, 1.54) is 12.1 Å².